The van der Waals surface area contributed by atoms with Crippen LogP contribution in [0.5, 0.6) is 0 Å². The first-order valence-corrected chi connectivity index (χ1v) is 3.53. The van der Waals surface area contributed by atoms with Crippen molar-refractivity contribution in [3.8, 4) is 0 Å². The molecule has 0 bridgehead atoms. The Morgan fingerprint density at radius 1 is 1.33 bits per heavy atom. The smallest absolute Gasteiger partial charge is 0.293 e. The normalized spacial score (nSPS) is 11.2. The highest BCUT2D eigenvalue weighted by Gasteiger charge is 2.01. The standard InChI is InChI=1S/C9H11BO2/c1-3-5-6-7-8(4-2)10-9(11)12/h3-7,10H,1-2H2,(H,11,12)/b6-5-,8-7+. The summed E-state index contributed by atoms with van der Waals surface area (Å²) >= 11 is 0. The van der Waals surface area contributed by atoms with Crippen molar-refractivity contribution in [2.24, 2.45) is 0 Å². The van der Waals surface area contributed by atoms with E-state index < -0.39 is 5.87 Å². The number of rotatable bonds is 5. The molecule has 0 aliphatic carbocycles. The molecule has 0 rings (SSSR count). The first kappa shape index (κ1) is 10.5. The molecule has 3 heteroatoms. The van der Waals surface area contributed by atoms with Crippen LogP contribution < -0.4 is 0 Å². The van der Waals surface area contributed by atoms with Crippen LogP contribution in [0.3, 0.4) is 0 Å². The van der Waals surface area contributed by atoms with E-state index in [0.717, 1.165) is 0 Å². The van der Waals surface area contributed by atoms with Gasteiger partial charge in [0.2, 0.25) is 0 Å². The lowest BCUT2D eigenvalue weighted by Gasteiger charge is -1.91. The van der Waals surface area contributed by atoms with E-state index in [1.54, 1.807) is 24.3 Å². The van der Waals surface area contributed by atoms with Crippen molar-refractivity contribution < 1.29 is 9.90 Å². The van der Waals surface area contributed by atoms with Crippen LogP contribution in [0.2, 0.25) is 0 Å². The van der Waals surface area contributed by atoms with Crippen LogP contribution >= 0.6 is 0 Å². The van der Waals surface area contributed by atoms with Crippen molar-refractivity contribution in [3.63, 3.8) is 0 Å². The Labute approximate surface area is 72.8 Å². The first-order valence-electron chi connectivity index (χ1n) is 3.53. The van der Waals surface area contributed by atoms with E-state index >= 15 is 0 Å². The SMILES string of the molecule is C=C/C=C\C=C(\BC(=O)O)C=C. The van der Waals surface area contributed by atoms with Gasteiger partial charge in [-0.3, -0.25) is 4.79 Å². The molecule has 0 aromatic heterocycles. The summed E-state index contributed by atoms with van der Waals surface area (Å²) < 4.78 is 0. The predicted molar refractivity (Wildman–Crippen MR) is 52.8 cm³/mol. The molecule has 0 aromatic rings. The lowest BCUT2D eigenvalue weighted by Crippen LogP contribution is -2.06. The fourth-order valence-corrected chi connectivity index (χ4v) is 0.631. The highest BCUT2D eigenvalue weighted by molar-refractivity contribution is 6.77. The largest absolute Gasteiger partial charge is 0.489 e. The maximum atomic E-state index is 10.3. The molecular weight excluding hydrogens is 151 g/mol. The monoisotopic (exact) mass is 162 g/mol. The molecule has 1 N–H and O–H groups in total. The molecule has 62 valence electrons. The minimum absolute atomic E-state index is 0.00494. The Hall–Kier alpha value is -1.51. The fourth-order valence-electron chi connectivity index (χ4n) is 0.631. The molecule has 0 atom stereocenters. The van der Waals surface area contributed by atoms with Gasteiger partial charge in [0, 0.05) is 0 Å². The molecule has 0 radical (unpaired) electrons. The van der Waals surface area contributed by atoms with Crippen LogP contribution in [-0.4, -0.2) is 18.3 Å². The molecule has 0 aliphatic rings. The second kappa shape index (κ2) is 6.22. The van der Waals surface area contributed by atoms with E-state index in [1.165, 1.54) is 6.08 Å². The number of hydrogen-bond donors (Lipinski definition) is 1. The Morgan fingerprint density at radius 2 is 2.00 bits per heavy atom. The van der Waals surface area contributed by atoms with Crippen LogP contribution in [-0.2, 0) is 0 Å². The van der Waals surface area contributed by atoms with Crippen molar-refractivity contribution in [2.75, 3.05) is 0 Å². The van der Waals surface area contributed by atoms with Gasteiger partial charge in [0.15, 0.2) is 0 Å². The van der Waals surface area contributed by atoms with Gasteiger partial charge in [-0.2, -0.15) is 0 Å². The third-order valence-electron chi connectivity index (χ3n) is 1.18. The van der Waals surface area contributed by atoms with Gasteiger partial charge < -0.3 is 5.11 Å². The zero-order valence-corrected chi connectivity index (χ0v) is 6.86. The lowest BCUT2D eigenvalue weighted by molar-refractivity contribution is 0.220. The molecule has 0 amide bonds. The highest BCUT2D eigenvalue weighted by atomic mass is 16.4. The van der Waals surface area contributed by atoms with Crippen LogP contribution in [0.1, 0.15) is 0 Å². The summed E-state index contributed by atoms with van der Waals surface area (Å²) in [5.74, 6) is -0.854. The van der Waals surface area contributed by atoms with Crippen LogP contribution in [0.25, 0.3) is 0 Å². The average Bonchev–Trinajstić information content (AvgIpc) is 2.02. The van der Waals surface area contributed by atoms with Gasteiger partial charge in [0.05, 0.1) is 0 Å². The zero-order chi connectivity index (χ0) is 9.40. The molecule has 12 heavy (non-hydrogen) atoms. The first-order chi connectivity index (χ1) is 5.70. The average molecular weight is 162 g/mol. The van der Waals surface area contributed by atoms with E-state index in [4.69, 9.17) is 5.11 Å². The Bertz CT molecular complexity index is 239. The predicted octanol–water partition coefficient (Wildman–Crippen LogP) is 1.91. The number of carbonyl (C=O) groups is 1. The second-order valence-electron chi connectivity index (χ2n) is 2.14. The third kappa shape index (κ3) is 5.29. The van der Waals surface area contributed by atoms with Gasteiger partial charge in [-0.15, -0.1) is 0 Å². The topological polar surface area (TPSA) is 37.3 Å². The molecule has 0 unspecified atom stereocenters. The minimum Gasteiger partial charge on any atom is -0.489 e. The van der Waals surface area contributed by atoms with Crippen LogP contribution in [0.4, 0.5) is 4.79 Å². The highest BCUT2D eigenvalue weighted by Crippen LogP contribution is 1.94. The molecule has 0 spiro atoms. The van der Waals surface area contributed by atoms with Gasteiger partial charge in [-0.05, 0) is 0 Å². The summed E-state index contributed by atoms with van der Waals surface area (Å²) in [4.78, 5) is 10.3. The maximum absolute atomic E-state index is 10.3. The van der Waals surface area contributed by atoms with E-state index in [1.807, 2.05) is 0 Å². The van der Waals surface area contributed by atoms with Gasteiger partial charge in [0.25, 0.3) is 13.1 Å². The summed E-state index contributed by atoms with van der Waals surface area (Å²) in [6.45, 7) is 6.99. The van der Waals surface area contributed by atoms with Crippen molar-refractivity contribution in [1.82, 2.24) is 0 Å². The van der Waals surface area contributed by atoms with Crippen LogP contribution in [0, 0.1) is 0 Å². The second-order valence-corrected chi connectivity index (χ2v) is 2.14. The lowest BCUT2D eigenvalue weighted by atomic mass is 9.69. The number of hydrogen-bond acceptors (Lipinski definition) is 1. The molecular formula is C9H11BO2. The summed E-state index contributed by atoms with van der Waals surface area (Å²) in [6, 6.07) is 0. The Kier molecular flexibility index (Phi) is 5.44. The van der Waals surface area contributed by atoms with Crippen molar-refractivity contribution >= 4 is 13.1 Å². The van der Waals surface area contributed by atoms with Crippen molar-refractivity contribution in [2.45, 2.75) is 0 Å². The molecule has 0 heterocycles. The van der Waals surface area contributed by atoms with E-state index in [0.29, 0.717) is 5.47 Å². The zero-order valence-electron chi connectivity index (χ0n) is 6.86. The van der Waals surface area contributed by atoms with E-state index in [2.05, 4.69) is 13.2 Å². The molecule has 0 aromatic carbocycles. The third-order valence-corrected chi connectivity index (χ3v) is 1.18. The minimum atomic E-state index is -0.854. The molecule has 0 saturated heterocycles. The quantitative estimate of drug-likeness (QED) is 0.495. The number of allylic oxidation sites excluding steroid dienone is 6. The Morgan fingerprint density at radius 3 is 2.42 bits per heavy atom. The maximum Gasteiger partial charge on any atom is 0.293 e. The van der Waals surface area contributed by atoms with E-state index in [9.17, 15) is 4.79 Å². The summed E-state index contributed by atoms with van der Waals surface area (Å²) in [5.41, 5.74) is 0.681. The Balaban J connectivity index is 4.22. The molecule has 0 fully saturated rings. The van der Waals surface area contributed by atoms with E-state index in [-0.39, 0.29) is 7.28 Å². The molecule has 0 aliphatic heterocycles. The van der Waals surface area contributed by atoms with Gasteiger partial charge in [0.1, 0.15) is 0 Å². The number of carboxylic acid groups (broad SMARTS) is 1. The van der Waals surface area contributed by atoms with Gasteiger partial charge in [-0.1, -0.05) is 49.0 Å². The molecule has 0 saturated carbocycles. The molecule has 2 nitrogen and oxygen atoms in total. The van der Waals surface area contributed by atoms with Crippen molar-refractivity contribution in [1.29, 1.82) is 0 Å². The van der Waals surface area contributed by atoms with Gasteiger partial charge >= 0.3 is 0 Å². The van der Waals surface area contributed by atoms with Crippen LogP contribution in [0.15, 0.2) is 49.0 Å². The van der Waals surface area contributed by atoms with Gasteiger partial charge in [-0.25, -0.2) is 0 Å². The summed E-state index contributed by atoms with van der Waals surface area (Å²) in [7, 11) is 0.00494. The fraction of sp³-hybridized carbons (Fsp3) is 0. The summed E-state index contributed by atoms with van der Waals surface area (Å²) in [6.07, 6.45) is 8.31. The summed E-state index contributed by atoms with van der Waals surface area (Å²) in [5, 5.41) is 8.44. The van der Waals surface area contributed by atoms with Crippen molar-refractivity contribution in [3.05, 3.63) is 49.0 Å².